The lowest BCUT2D eigenvalue weighted by Gasteiger charge is -2.27. The first-order valence-corrected chi connectivity index (χ1v) is 14.4. The largest absolute Gasteiger partial charge is 0.481 e. The number of fused-ring (bicyclic) bond motifs is 1. The third-order valence-electron chi connectivity index (χ3n) is 7.83. The zero-order valence-electron chi connectivity index (χ0n) is 24.2. The molecule has 0 amide bonds. The maximum Gasteiger partial charge on any atom is 0.303 e. The van der Waals surface area contributed by atoms with Crippen LogP contribution in [-0.2, 0) is 22.5 Å². The molecule has 3 N–H and O–H groups in total. The Hall–Kier alpha value is -4.06. The van der Waals surface area contributed by atoms with Crippen LogP contribution in [0.2, 0.25) is 0 Å². The van der Waals surface area contributed by atoms with E-state index in [4.69, 9.17) is 20.8 Å². The lowest BCUT2D eigenvalue weighted by molar-refractivity contribution is -0.137. The Morgan fingerprint density at radius 2 is 1.95 bits per heavy atom. The van der Waals surface area contributed by atoms with Crippen LogP contribution in [0.5, 0.6) is 0 Å². The highest BCUT2D eigenvalue weighted by molar-refractivity contribution is 5.78. The predicted molar refractivity (Wildman–Crippen MR) is 165 cm³/mol. The highest BCUT2D eigenvalue weighted by Crippen LogP contribution is 2.41. The minimum Gasteiger partial charge on any atom is -0.481 e. The smallest absolute Gasteiger partial charge is 0.303 e. The molecule has 3 aromatic rings. The molecule has 2 atom stereocenters. The van der Waals surface area contributed by atoms with Gasteiger partial charge in [-0.1, -0.05) is 30.4 Å². The summed E-state index contributed by atoms with van der Waals surface area (Å²) in [4.78, 5) is 35.0. The van der Waals surface area contributed by atoms with Gasteiger partial charge in [-0.15, -0.1) is 12.8 Å². The molecule has 1 unspecified atom stereocenters. The van der Waals surface area contributed by atoms with Crippen molar-refractivity contribution in [2.75, 3.05) is 0 Å². The molecule has 7 nitrogen and oxygen atoms in total. The summed E-state index contributed by atoms with van der Waals surface area (Å²) < 4.78 is 15.1. The molecule has 42 heavy (non-hydrogen) atoms. The van der Waals surface area contributed by atoms with Crippen LogP contribution in [0.1, 0.15) is 69.7 Å². The van der Waals surface area contributed by atoms with Gasteiger partial charge in [0.25, 0.3) is 5.56 Å². The average molecular weight is 574 g/mol. The van der Waals surface area contributed by atoms with E-state index in [1.165, 1.54) is 16.7 Å². The maximum absolute atomic E-state index is 13.6. The monoisotopic (exact) mass is 573 g/mol. The zero-order chi connectivity index (χ0) is 30.5. The van der Waals surface area contributed by atoms with Crippen LogP contribution in [0, 0.1) is 24.6 Å². The van der Waals surface area contributed by atoms with Crippen molar-refractivity contribution in [3.63, 3.8) is 0 Å². The second-order valence-electron chi connectivity index (χ2n) is 10.7. The summed E-state index contributed by atoms with van der Waals surface area (Å²) in [7, 11) is 0. The molecule has 0 radical (unpaired) electrons. The highest BCUT2D eigenvalue weighted by Gasteiger charge is 2.39. The van der Waals surface area contributed by atoms with E-state index >= 15 is 0 Å². The van der Waals surface area contributed by atoms with E-state index in [0.717, 1.165) is 44.1 Å². The summed E-state index contributed by atoms with van der Waals surface area (Å²) in [5.41, 5.74) is 1.57. The molecule has 2 aromatic carbocycles. The summed E-state index contributed by atoms with van der Waals surface area (Å²) in [5.74, 6) is 5.63. The summed E-state index contributed by atoms with van der Waals surface area (Å²) in [6.07, 6.45) is 23.3. The molecule has 222 valence electrons. The lowest BCUT2D eigenvalue weighted by Crippen LogP contribution is -2.33. The number of aromatic nitrogens is 2. The number of nitrogens with zero attached hydrogens (tertiary/aromatic N) is 2. The molecule has 1 aliphatic carbocycles. The van der Waals surface area contributed by atoms with Crippen molar-refractivity contribution in [2.24, 2.45) is 11.8 Å². The summed E-state index contributed by atoms with van der Waals surface area (Å²) in [6.45, 7) is 2.00. The second-order valence-corrected chi connectivity index (χ2v) is 10.7. The number of aryl methyl sites for hydroxylation is 2. The summed E-state index contributed by atoms with van der Waals surface area (Å²) >= 11 is 0. The zero-order valence-corrected chi connectivity index (χ0v) is 24.2. The molecular formula is C34H40FN3O4. The van der Waals surface area contributed by atoms with Crippen LogP contribution in [0.4, 0.5) is 4.39 Å². The van der Waals surface area contributed by atoms with Crippen molar-refractivity contribution in [3.05, 3.63) is 94.3 Å². The molecule has 0 aliphatic heterocycles. The third-order valence-corrected chi connectivity index (χ3v) is 7.83. The number of halogens is 1. The molecule has 1 fully saturated rings. The fraction of sp³-hybridized carbons (Fsp3) is 0.382. The van der Waals surface area contributed by atoms with Crippen LogP contribution in [0.3, 0.4) is 0 Å². The first-order valence-electron chi connectivity index (χ1n) is 14.4. The van der Waals surface area contributed by atoms with Gasteiger partial charge < -0.3 is 5.11 Å². The maximum atomic E-state index is 13.6. The van der Waals surface area contributed by atoms with Crippen molar-refractivity contribution in [3.8, 4) is 18.5 Å². The number of hydrogen-bond donors (Lipinski definition) is 2. The van der Waals surface area contributed by atoms with Crippen LogP contribution in [-0.4, -0.2) is 26.2 Å². The number of carboxylic acid groups (broad SMARTS) is 1. The normalized spacial score (nSPS) is 18.5. The molecule has 1 heterocycles. The number of carboxylic acids is 1. The van der Waals surface area contributed by atoms with Crippen molar-refractivity contribution in [1.29, 1.82) is 0 Å². The Bertz CT molecular complexity index is 1480. The second kappa shape index (κ2) is 15.8. The first kappa shape index (κ1) is 32.5. The molecule has 0 spiro atoms. The molecule has 0 bridgehead atoms. The van der Waals surface area contributed by atoms with Gasteiger partial charge in [0.05, 0.1) is 22.2 Å². The number of allylic oxidation sites excluding steroid dienone is 4. The number of aliphatic carboxylic acids is 1. The predicted octanol–water partition coefficient (Wildman–Crippen LogP) is 6.46. The van der Waals surface area contributed by atoms with Crippen molar-refractivity contribution in [1.82, 2.24) is 9.55 Å². The van der Waals surface area contributed by atoms with E-state index in [2.05, 4.69) is 25.0 Å². The Balaban J connectivity index is 0.00000237. The quantitative estimate of drug-likeness (QED) is 0.105. The molecular weight excluding hydrogens is 533 g/mol. The van der Waals surface area contributed by atoms with Gasteiger partial charge in [0.1, 0.15) is 11.6 Å². The number of terminal acetylenes is 1. The van der Waals surface area contributed by atoms with Crippen LogP contribution < -0.4 is 11.5 Å². The Morgan fingerprint density at radius 3 is 2.64 bits per heavy atom. The molecule has 0 saturated heterocycles. The molecule has 1 saturated carbocycles. The van der Waals surface area contributed by atoms with Gasteiger partial charge in [0.2, 0.25) is 0 Å². The van der Waals surface area contributed by atoms with E-state index in [0.29, 0.717) is 47.6 Å². The highest BCUT2D eigenvalue weighted by atomic mass is 19.1. The Kier molecular flexibility index (Phi) is 12.2. The van der Waals surface area contributed by atoms with Gasteiger partial charge in [0.15, 0.2) is 0 Å². The van der Waals surface area contributed by atoms with E-state index < -0.39 is 11.8 Å². The number of rotatable bonds is 13. The van der Waals surface area contributed by atoms with Gasteiger partial charge in [-0.25, -0.2) is 15.3 Å². The molecule has 4 rings (SSSR count). The SMILES string of the molecule is C#C.C/C=C\C=C/C[C@H]1CCC(CCc2ccc3c(=O)n(-c4ccc(F)cc4)c(CCCCC(=O)O)nc3c2)(ON)C1. The molecule has 8 heteroatoms. The van der Waals surface area contributed by atoms with Gasteiger partial charge in [-0.05, 0) is 106 Å². The van der Waals surface area contributed by atoms with Crippen molar-refractivity contribution in [2.45, 2.75) is 76.7 Å². The molecule has 1 aromatic heterocycles. The number of benzene rings is 2. The minimum absolute atomic E-state index is 0.0520. The van der Waals surface area contributed by atoms with E-state index in [1.54, 1.807) is 18.2 Å². The minimum atomic E-state index is -0.857. The Morgan fingerprint density at radius 1 is 1.19 bits per heavy atom. The summed E-state index contributed by atoms with van der Waals surface area (Å²) in [5, 5.41) is 9.47. The lowest BCUT2D eigenvalue weighted by atomic mass is 9.91. The van der Waals surface area contributed by atoms with E-state index in [9.17, 15) is 14.0 Å². The van der Waals surface area contributed by atoms with Crippen molar-refractivity contribution >= 4 is 16.9 Å². The van der Waals surface area contributed by atoms with Gasteiger partial charge in [-0.3, -0.25) is 19.0 Å². The van der Waals surface area contributed by atoms with Gasteiger partial charge in [0, 0.05) is 12.8 Å². The van der Waals surface area contributed by atoms with Gasteiger partial charge >= 0.3 is 5.97 Å². The van der Waals surface area contributed by atoms with E-state index in [1.807, 2.05) is 31.2 Å². The topological polar surface area (TPSA) is 107 Å². The first-order chi connectivity index (χ1) is 20.3. The molecule has 1 aliphatic rings. The number of nitrogens with two attached hydrogens (primary N) is 1. The van der Waals surface area contributed by atoms with Crippen LogP contribution in [0.25, 0.3) is 16.6 Å². The van der Waals surface area contributed by atoms with Crippen LogP contribution >= 0.6 is 0 Å². The number of carbonyl (C=O) groups is 1. The number of unbranched alkanes of at least 4 members (excludes halogenated alkanes) is 1. The fourth-order valence-corrected chi connectivity index (χ4v) is 5.64. The number of hydrogen-bond acceptors (Lipinski definition) is 5. The standard InChI is InChI=1S/C32H38FN3O4.C2H2/c1-2-3-4-5-8-24-18-20-32(22-24,40-34)19-17-23-11-16-27-28(21-23)35-29(9-6-7-10-30(37)38)36(31(27)39)26-14-12-25(33)13-15-26;1-2/h2-5,11-16,21,24H,6-10,17-20,22,34H2,1H3,(H,37,38);1-2H/b3-2-,5-4-;/t24-,32?;/m0./s1. The van der Waals surface area contributed by atoms with Gasteiger partial charge in [-0.2, -0.15) is 0 Å². The fourth-order valence-electron chi connectivity index (χ4n) is 5.64. The van der Waals surface area contributed by atoms with E-state index in [-0.39, 0.29) is 17.6 Å². The Labute approximate surface area is 246 Å². The average Bonchev–Trinajstić information content (AvgIpc) is 3.42. The summed E-state index contributed by atoms with van der Waals surface area (Å²) in [6, 6.07) is 11.4. The van der Waals surface area contributed by atoms with Crippen LogP contribution in [0.15, 0.2) is 71.6 Å². The third kappa shape index (κ3) is 8.48. The van der Waals surface area contributed by atoms with Crippen molar-refractivity contribution < 1.29 is 19.1 Å².